The summed E-state index contributed by atoms with van der Waals surface area (Å²) in [5.74, 6) is 1.09. The van der Waals surface area contributed by atoms with Crippen molar-refractivity contribution in [3.63, 3.8) is 0 Å². The summed E-state index contributed by atoms with van der Waals surface area (Å²) in [6, 6.07) is 4.44. The Morgan fingerprint density at radius 3 is 2.55 bits per heavy atom. The Kier molecular flexibility index (Phi) is 6.17. The van der Waals surface area contributed by atoms with Crippen molar-refractivity contribution in [2.45, 2.75) is 0 Å². The van der Waals surface area contributed by atoms with E-state index in [2.05, 4.69) is 11.1 Å². The number of hydrogen-bond acceptors (Lipinski definition) is 3. The molecule has 0 unspecified atom stereocenters. The normalized spacial score (nSPS) is 8.18. The van der Waals surface area contributed by atoms with Gasteiger partial charge in [-0.05, 0) is 0 Å². The maximum atomic E-state index is 4.92. The third-order valence-corrected chi connectivity index (χ3v) is 1.09. The van der Waals surface area contributed by atoms with Crippen LogP contribution >= 0.6 is 0 Å². The summed E-state index contributed by atoms with van der Waals surface area (Å²) in [5.41, 5.74) is 0. The quantitative estimate of drug-likeness (QED) is 0.383. The largest absolute Gasteiger partial charge is 1.00 e. The number of hydrogen-bond donors (Lipinski definition) is 0. The maximum Gasteiger partial charge on any atom is 1.00 e. The zero-order valence-corrected chi connectivity index (χ0v) is 10.0. The Morgan fingerprint density at radius 2 is 2.09 bits per heavy atom. The van der Waals surface area contributed by atoms with Gasteiger partial charge in [-0.3, -0.25) is 4.98 Å². The first-order valence-corrected chi connectivity index (χ1v) is 2.82. The summed E-state index contributed by atoms with van der Waals surface area (Å²) in [6.45, 7) is 0. The first kappa shape index (κ1) is 11.4. The Morgan fingerprint density at radius 1 is 1.36 bits per heavy atom. The molecule has 0 aromatic carbocycles. The fraction of sp³-hybridized carbons (Fsp3) is 0.286. The van der Waals surface area contributed by atoms with E-state index < -0.39 is 0 Å². The van der Waals surface area contributed by atoms with Crippen LogP contribution in [0.25, 0.3) is 0 Å². The summed E-state index contributed by atoms with van der Waals surface area (Å²) >= 11 is 0. The zero-order valence-electron chi connectivity index (χ0n) is 6.92. The van der Waals surface area contributed by atoms with Crippen LogP contribution < -0.4 is 60.9 Å². The molecule has 0 aliphatic rings. The predicted octanol–water partition coefficient (Wildman–Crippen LogP) is -2.10. The van der Waals surface area contributed by atoms with Crippen LogP contribution in [0.3, 0.4) is 0 Å². The van der Waals surface area contributed by atoms with Crippen molar-refractivity contribution in [2.75, 3.05) is 14.2 Å². The van der Waals surface area contributed by atoms with E-state index in [-0.39, 0.29) is 51.4 Å². The Hall–Kier alpha value is 0.386. The smallest absolute Gasteiger partial charge is 0.576 e. The average Bonchev–Trinajstić information content (AvgIpc) is 2.04. The van der Waals surface area contributed by atoms with Gasteiger partial charge in [0.05, 0.1) is 14.2 Å². The molecule has 4 heteroatoms. The van der Waals surface area contributed by atoms with E-state index in [1.807, 2.05) is 0 Å². The third kappa shape index (κ3) is 3.09. The number of methoxy groups -OCH3 is 2. The molecule has 0 aliphatic heterocycles. The van der Waals surface area contributed by atoms with Gasteiger partial charge in [0, 0.05) is 5.75 Å². The van der Waals surface area contributed by atoms with Gasteiger partial charge in [-0.25, -0.2) is 6.07 Å². The molecule has 0 radical (unpaired) electrons. The van der Waals surface area contributed by atoms with Gasteiger partial charge >= 0.3 is 51.4 Å². The Bertz CT molecular complexity index is 194. The molecular formula is C7H8KNO2. The second-order valence-electron chi connectivity index (χ2n) is 1.65. The molecule has 3 nitrogen and oxygen atoms in total. The molecule has 0 fully saturated rings. The van der Waals surface area contributed by atoms with Crippen LogP contribution in [0.15, 0.2) is 12.3 Å². The van der Waals surface area contributed by atoms with E-state index in [0.717, 1.165) is 0 Å². The van der Waals surface area contributed by atoms with Gasteiger partial charge in [0.1, 0.15) is 0 Å². The van der Waals surface area contributed by atoms with Crippen molar-refractivity contribution in [3.05, 3.63) is 18.3 Å². The third-order valence-electron chi connectivity index (χ3n) is 1.09. The summed E-state index contributed by atoms with van der Waals surface area (Å²) in [7, 11) is 3.11. The van der Waals surface area contributed by atoms with E-state index in [4.69, 9.17) is 9.47 Å². The molecule has 1 aromatic rings. The summed E-state index contributed by atoms with van der Waals surface area (Å²) in [4.78, 5) is 3.87. The fourth-order valence-corrected chi connectivity index (χ4v) is 0.634. The van der Waals surface area contributed by atoms with Crippen molar-refractivity contribution >= 4 is 0 Å². The van der Waals surface area contributed by atoms with Gasteiger partial charge in [0.15, 0.2) is 5.88 Å². The first-order chi connectivity index (χ1) is 4.88. The van der Waals surface area contributed by atoms with E-state index in [9.17, 15) is 0 Å². The second-order valence-corrected chi connectivity index (χ2v) is 1.65. The van der Waals surface area contributed by atoms with Crippen molar-refractivity contribution in [3.8, 4) is 11.6 Å². The predicted molar refractivity (Wildman–Crippen MR) is 36.2 cm³/mol. The molecule has 0 amide bonds. The number of pyridine rings is 1. The minimum Gasteiger partial charge on any atom is -0.576 e. The van der Waals surface area contributed by atoms with E-state index >= 15 is 0 Å². The van der Waals surface area contributed by atoms with Gasteiger partial charge in [-0.15, -0.1) is 0 Å². The molecule has 0 saturated heterocycles. The average molecular weight is 177 g/mol. The monoisotopic (exact) mass is 177 g/mol. The zero-order chi connectivity index (χ0) is 7.40. The molecule has 0 N–H and O–H groups in total. The molecule has 1 aromatic heterocycles. The Balaban J connectivity index is 0.000001000. The van der Waals surface area contributed by atoms with Gasteiger partial charge < -0.3 is 9.47 Å². The Labute approximate surface area is 109 Å². The fourth-order valence-electron chi connectivity index (χ4n) is 0.634. The molecule has 0 bridgehead atoms. The van der Waals surface area contributed by atoms with Crippen LogP contribution in [0.5, 0.6) is 11.6 Å². The van der Waals surface area contributed by atoms with Crippen LogP contribution in [-0.4, -0.2) is 19.2 Å². The summed E-state index contributed by atoms with van der Waals surface area (Å²) < 4.78 is 9.80. The summed E-state index contributed by atoms with van der Waals surface area (Å²) in [6.07, 6.45) is 1.53. The minimum absolute atomic E-state index is 0. The number of nitrogens with zero attached hydrogens (tertiary/aromatic N) is 1. The minimum atomic E-state index is 0. The van der Waals surface area contributed by atoms with E-state index in [0.29, 0.717) is 11.6 Å². The summed E-state index contributed by atoms with van der Waals surface area (Å²) in [5, 5.41) is 0. The van der Waals surface area contributed by atoms with Crippen LogP contribution in [0.1, 0.15) is 0 Å². The number of rotatable bonds is 2. The van der Waals surface area contributed by atoms with Crippen molar-refractivity contribution in [1.82, 2.24) is 4.98 Å². The van der Waals surface area contributed by atoms with Crippen LogP contribution in [0.2, 0.25) is 0 Å². The standard InChI is InChI=1S/C7H8NO2.K/c1-9-6-4-3-5-8-7(6)10-2;/h4-5H,1-2H3;/q-1;+1. The first-order valence-electron chi connectivity index (χ1n) is 2.82. The van der Waals surface area contributed by atoms with Crippen LogP contribution in [0.4, 0.5) is 0 Å². The number of aromatic nitrogens is 1. The molecular weight excluding hydrogens is 169 g/mol. The molecule has 0 aliphatic carbocycles. The second kappa shape index (κ2) is 5.96. The SMILES string of the molecule is COc1c[c-]cnc1OC.[K+]. The van der Waals surface area contributed by atoms with Gasteiger partial charge in [-0.1, -0.05) is 6.20 Å². The van der Waals surface area contributed by atoms with Crippen molar-refractivity contribution < 1.29 is 60.9 Å². The molecule has 1 rings (SSSR count). The van der Waals surface area contributed by atoms with E-state index in [1.54, 1.807) is 20.3 Å². The van der Waals surface area contributed by atoms with Gasteiger partial charge in [-0.2, -0.15) is 6.07 Å². The topological polar surface area (TPSA) is 31.4 Å². The van der Waals surface area contributed by atoms with Crippen molar-refractivity contribution in [1.29, 1.82) is 0 Å². The molecule has 0 atom stereocenters. The van der Waals surface area contributed by atoms with Crippen molar-refractivity contribution in [2.24, 2.45) is 0 Å². The van der Waals surface area contributed by atoms with Crippen LogP contribution in [0, 0.1) is 6.07 Å². The molecule has 0 saturated carbocycles. The molecule has 11 heavy (non-hydrogen) atoms. The van der Waals surface area contributed by atoms with Gasteiger partial charge in [0.25, 0.3) is 0 Å². The maximum absolute atomic E-state index is 4.92. The van der Waals surface area contributed by atoms with Gasteiger partial charge in [0.2, 0.25) is 0 Å². The molecule has 1 heterocycles. The van der Waals surface area contributed by atoms with E-state index in [1.165, 1.54) is 6.20 Å². The molecule has 0 spiro atoms. The van der Waals surface area contributed by atoms with Crippen LogP contribution in [-0.2, 0) is 0 Å². The number of ether oxygens (including phenoxy) is 2. The molecule has 54 valence electrons.